The fraction of sp³-hybridized carbons (Fsp3) is 0.882. The van der Waals surface area contributed by atoms with E-state index in [4.69, 9.17) is 4.99 Å². The average molecular weight is 282 g/mol. The summed E-state index contributed by atoms with van der Waals surface area (Å²) in [5.41, 5.74) is -0.00364. The number of aliphatic imine (C=N–C) groups is 1. The van der Waals surface area contributed by atoms with E-state index in [1.54, 1.807) is 0 Å². The molecule has 0 aliphatic carbocycles. The number of hydrogen-bond acceptors (Lipinski definition) is 2. The Morgan fingerprint density at radius 1 is 1.10 bits per heavy atom. The lowest BCUT2D eigenvalue weighted by Crippen LogP contribution is -2.43. The number of carbonyl (C=O) groups excluding carboxylic acids is 1. The summed E-state index contributed by atoms with van der Waals surface area (Å²) < 4.78 is 0. The molecule has 0 aromatic rings. The predicted octanol–water partition coefficient (Wildman–Crippen LogP) is 4.71. The molecule has 0 heterocycles. The SMILES string of the molecule is CCCC(=O)NC(=NC(C)CC)C(C)(CCC)CCC. The lowest BCUT2D eigenvalue weighted by molar-refractivity contribution is -0.119. The van der Waals surface area contributed by atoms with Gasteiger partial charge in [-0.2, -0.15) is 0 Å². The van der Waals surface area contributed by atoms with Crippen molar-refractivity contribution in [3.05, 3.63) is 0 Å². The fourth-order valence-corrected chi connectivity index (χ4v) is 2.54. The maximum atomic E-state index is 12.0. The molecule has 0 saturated carbocycles. The van der Waals surface area contributed by atoms with Crippen LogP contribution in [0.25, 0.3) is 0 Å². The molecule has 0 spiro atoms. The third-order valence-electron chi connectivity index (χ3n) is 3.85. The quantitative estimate of drug-likeness (QED) is 0.483. The van der Waals surface area contributed by atoms with Crippen molar-refractivity contribution in [3.8, 4) is 0 Å². The summed E-state index contributed by atoms with van der Waals surface area (Å²) in [4.78, 5) is 16.8. The highest BCUT2D eigenvalue weighted by Gasteiger charge is 2.30. The molecule has 20 heavy (non-hydrogen) atoms. The van der Waals surface area contributed by atoms with Crippen molar-refractivity contribution < 1.29 is 4.79 Å². The van der Waals surface area contributed by atoms with Crippen LogP contribution >= 0.6 is 0 Å². The lowest BCUT2D eigenvalue weighted by Gasteiger charge is -2.32. The first-order chi connectivity index (χ1) is 9.43. The number of rotatable bonds is 9. The van der Waals surface area contributed by atoms with Crippen LogP contribution in [0.5, 0.6) is 0 Å². The average Bonchev–Trinajstić information content (AvgIpc) is 2.38. The Morgan fingerprint density at radius 2 is 1.65 bits per heavy atom. The van der Waals surface area contributed by atoms with Gasteiger partial charge >= 0.3 is 0 Å². The fourth-order valence-electron chi connectivity index (χ4n) is 2.54. The molecule has 1 unspecified atom stereocenters. The molecule has 3 nitrogen and oxygen atoms in total. The maximum Gasteiger partial charge on any atom is 0.225 e. The van der Waals surface area contributed by atoms with Crippen molar-refractivity contribution in [3.63, 3.8) is 0 Å². The van der Waals surface area contributed by atoms with E-state index in [0.29, 0.717) is 6.42 Å². The van der Waals surface area contributed by atoms with Gasteiger partial charge in [0, 0.05) is 17.9 Å². The molecule has 118 valence electrons. The van der Waals surface area contributed by atoms with E-state index in [9.17, 15) is 4.79 Å². The standard InChI is InChI=1S/C17H34N2O/c1-7-11-15(20)19-16(18-14(5)10-4)17(6,12-8-2)13-9-3/h14H,7-13H2,1-6H3,(H,18,19,20). The summed E-state index contributed by atoms with van der Waals surface area (Å²) in [5.74, 6) is 1.02. The number of hydrogen-bond donors (Lipinski definition) is 1. The monoisotopic (exact) mass is 282 g/mol. The van der Waals surface area contributed by atoms with Crippen molar-refractivity contribution in [2.24, 2.45) is 10.4 Å². The normalized spacial score (nSPS) is 14.2. The third-order valence-corrected chi connectivity index (χ3v) is 3.85. The van der Waals surface area contributed by atoms with Crippen molar-refractivity contribution >= 4 is 11.7 Å². The molecule has 0 aliphatic rings. The summed E-state index contributed by atoms with van der Waals surface area (Å²) in [5, 5.41) is 3.10. The van der Waals surface area contributed by atoms with Gasteiger partial charge in [-0.15, -0.1) is 0 Å². The van der Waals surface area contributed by atoms with E-state index >= 15 is 0 Å². The van der Waals surface area contributed by atoms with E-state index in [2.05, 4.69) is 39.9 Å². The van der Waals surface area contributed by atoms with E-state index in [1.807, 2.05) is 6.92 Å². The summed E-state index contributed by atoms with van der Waals surface area (Å²) >= 11 is 0. The smallest absolute Gasteiger partial charge is 0.225 e. The molecule has 0 rings (SSSR count). The van der Waals surface area contributed by atoms with Crippen LogP contribution in [0.4, 0.5) is 0 Å². The highest BCUT2D eigenvalue weighted by molar-refractivity contribution is 6.01. The van der Waals surface area contributed by atoms with Gasteiger partial charge in [0.05, 0.1) is 0 Å². The summed E-state index contributed by atoms with van der Waals surface area (Å²) in [6, 6.07) is 0.264. The molecule has 0 aliphatic heterocycles. The highest BCUT2D eigenvalue weighted by Crippen LogP contribution is 2.31. The van der Waals surface area contributed by atoms with E-state index in [1.165, 1.54) is 0 Å². The van der Waals surface area contributed by atoms with Gasteiger partial charge in [-0.3, -0.25) is 9.79 Å². The van der Waals surface area contributed by atoms with Crippen LogP contribution in [-0.2, 0) is 4.79 Å². The Bertz CT molecular complexity index is 304. The summed E-state index contributed by atoms with van der Waals surface area (Å²) in [7, 11) is 0. The van der Waals surface area contributed by atoms with Crippen LogP contribution in [0.2, 0.25) is 0 Å². The van der Waals surface area contributed by atoms with Gasteiger partial charge in [0.1, 0.15) is 5.84 Å². The van der Waals surface area contributed by atoms with E-state index < -0.39 is 0 Å². The Morgan fingerprint density at radius 3 is 2.05 bits per heavy atom. The summed E-state index contributed by atoms with van der Waals surface area (Å²) in [6.07, 6.45) is 6.82. The molecular weight excluding hydrogens is 248 g/mol. The largest absolute Gasteiger partial charge is 0.314 e. The van der Waals surface area contributed by atoms with Crippen molar-refractivity contribution in [2.45, 2.75) is 92.5 Å². The molecule has 0 aromatic carbocycles. The Kier molecular flexibility index (Phi) is 9.52. The molecule has 0 saturated heterocycles. The van der Waals surface area contributed by atoms with Crippen LogP contribution in [-0.4, -0.2) is 17.8 Å². The second-order valence-electron chi connectivity index (χ2n) is 6.09. The third kappa shape index (κ3) is 6.53. The minimum absolute atomic E-state index is 0.00364. The first-order valence-electron chi connectivity index (χ1n) is 8.31. The van der Waals surface area contributed by atoms with Crippen molar-refractivity contribution in [1.82, 2.24) is 5.32 Å². The highest BCUT2D eigenvalue weighted by atomic mass is 16.1. The van der Waals surface area contributed by atoms with E-state index in [0.717, 1.165) is 44.4 Å². The van der Waals surface area contributed by atoms with Crippen LogP contribution in [0.1, 0.15) is 86.5 Å². The zero-order valence-electron chi connectivity index (χ0n) is 14.4. The van der Waals surface area contributed by atoms with Gasteiger partial charge in [-0.1, -0.05) is 47.5 Å². The number of amides is 1. The van der Waals surface area contributed by atoms with Gasteiger partial charge in [0.2, 0.25) is 5.91 Å². The number of amidine groups is 1. The first-order valence-corrected chi connectivity index (χ1v) is 8.31. The second-order valence-corrected chi connectivity index (χ2v) is 6.09. The maximum absolute atomic E-state index is 12.0. The van der Waals surface area contributed by atoms with Gasteiger partial charge in [-0.25, -0.2) is 0 Å². The summed E-state index contributed by atoms with van der Waals surface area (Å²) in [6.45, 7) is 12.9. The van der Waals surface area contributed by atoms with Gasteiger partial charge in [0.25, 0.3) is 0 Å². The topological polar surface area (TPSA) is 41.5 Å². The van der Waals surface area contributed by atoms with Crippen molar-refractivity contribution in [1.29, 1.82) is 0 Å². The van der Waals surface area contributed by atoms with Gasteiger partial charge in [-0.05, 0) is 32.6 Å². The molecule has 0 fully saturated rings. The molecule has 0 bridgehead atoms. The molecule has 1 atom stereocenters. The number of nitrogens with zero attached hydrogens (tertiary/aromatic N) is 1. The zero-order valence-corrected chi connectivity index (χ0v) is 14.4. The Hall–Kier alpha value is -0.860. The number of nitrogens with one attached hydrogen (secondary N) is 1. The Balaban J connectivity index is 5.24. The Labute approximate surface area is 125 Å². The van der Waals surface area contributed by atoms with Crippen LogP contribution in [0, 0.1) is 5.41 Å². The minimum atomic E-state index is -0.00364. The van der Waals surface area contributed by atoms with Crippen molar-refractivity contribution in [2.75, 3.05) is 0 Å². The zero-order chi connectivity index (χ0) is 15.6. The van der Waals surface area contributed by atoms with Crippen LogP contribution in [0.3, 0.4) is 0 Å². The molecule has 1 amide bonds. The molecular formula is C17H34N2O. The predicted molar refractivity (Wildman–Crippen MR) is 88.2 cm³/mol. The van der Waals surface area contributed by atoms with Crippen LogP contribution in [0.15, 0.2) is 4.99 Å². The molecule has 1 N–H and O–H groups in total. The van der Waals surface area contributed by atoms with E-state index in [-0.39, 0.29) is 17.4 Å². The van der Waals surface area contributed by atoms with Gasteiger partial charge in [0.15, 0.2) is 0 Å². The molecule has 0 radical (unpaired) electrons. The number of carbonyl (C=O) groups is 1. The minimum Gasteiger partial charge on any atom is -0.314 e. The molecule has 0 aromatic heterocycles. The van der Waals surface area contributed by atoms with Gasteiger partial charge < -0.3 is 5.32 Å². The second kappa shape index (κ2) is 9.95. The van der Waals surface area contributed by atoms with Crippen LogP contribution < -0.4 is 5.32 Å². The lowest BCUT2D eigenvalue weighted by atomic mass is 9.79. The molecule has 3 heteroatoms. The first kappa shape index (κ1) is 19.1.